The van der Waals surface area contributed by atoms with Gasteiger partial charge in [0.2, 0.25) is 0 Å². The van der Waals surface area contributed by atoms with E-state index in [2.05, 4.69) is 10.6 Å². The molecule has 1 heterocycles. The Labute approximate surface area is 221 Å². The fourth-order valence-electron chi connectivity index (χ4n) is 3.62. The summed E-state index contributed by atoms with van der Waals surface area (Å²) in [5.41, 5.74) is -0.525. The van der Waals surface area contributed by atoms with Crippen molar-refractivity contribution in [2.24, 2.45) is 0 Å². The highest BCUT2D eigenvalue weighted by Gasteiger charge is 2.32. The summed E-state index contributed by atoms with van der Waals surface area (Å²) in [7, 11) is 1.58. The van der Waals surface area contributed by atoms with Crippen molar-refractivity contribution in [1.29, 1.82) is 5.41 Å². The van der Waals surface area contributed by atoms with Crippen LogP contribution >= 0.6 is 0 Å². The number of ether oxygens (including phenoxy) is 1. The molecule has 0 aliphatic carbocycles. The van der Waals surface area contributed by atoms with Crippen molar-refractivity contribution >= 4 is 29.1 Å². The lowest BCUT2D eigenvalue weighted by molar-refractivity contribution is -0.143. The SMILES string of the molecule is COCC[C@H]1CN(C(=N)c2cc(C(F)(F)F)ccc2Nc2ccc(F)c(F)c2)CCN1.O=C(O)CCC(=O)O. The van der Waals surface area contributed by atoms with Gasteiger partial charge >= 0.3 is 18.1 Å². The van der Waals surface area contributed by atoms with Crippen LogP contribution in [0.15, 0.2) is 36.4 Å². The number of aliphatic carboxylic acids is 2. The van der Waals surface area contributed by atoms with Gasteiger partial charge in [0.05, 0.1) is 18.4 Å². The summed E-state index contributed by atoms with van der Waals surface area (Å²) in [5.74, 6) is -4.36. The molecule has 0 radical (unpaired) electrons. The number of hydrogen-bond donors (Lipinski definition) is 5. The van der Waals surface area contributed by atoms with Crippen molar-refractivity contribution in [1.82, 2.24) is 10.2 Å². The summed E-state index contributed by atoms with van der Waals surface area (Å²) in [6, 6.07) is 6.11. The summed E-state index contributed by atoms with van der Waals surface area (Å²) < 4.78 is 71.8. The van der Waals surface area contributed by atoms with Crippen molar-refractivity contribution < 1.29 is 46.5 Å². The molecular weight excluding hydrogens is 531 g/mol. The largest absolute Gasteiger partial charge is 0.481 e. The number of carboxylic acid groups (broad SMARTS) is 2. The molecule has 2 aromatic carbocycles. The fraction of sp³-hybridized carbons (Fsp3) is 0.400. The van der Waals surface area contributed by atoms with Gasteiger partial charge in [-0.05, 0) is 36.8 Å². The number of halogens is 5. The van der Waals surface area contributed by atoms with Gasteiger partial charge in [0.25, 0.3) is 0 Å². The van der Waals surface area contributed by atoms with Gasteiger partial charge < -0.3 is 30.5 Å². The van der Waals surface area contributed by atoms with E-state index in [0.717, 1.165) is 24.3 Å². The number of alkyl halides is 3. The van der Waals surface area contributed by atoms with Crippen molar-refractivity contribution in [3.63, 3.8) is 0 Å². The maximum absolute atomic E-state index is 13.6. The van der Waals surface area contributed by atoms with E-state index in [1.54, 1.807) is 12.0 Å². The van der Waals surface area contributed by atoms with E-state index in [-0.39, 0.29) is 41.7 Å². The lowest BCUT2D eigenvalue weighted by Gasteiger charge is -2.36. The minimum Gasteiger partial charge on any atom is -0.481 e. The number of amidine groups is 1. The van der Waals surface area contributed by atoms with Crippen LogP contribution in [0.25, 0.3) is 0 Å². The summed E-state index contributed by atoms with van der Waals surface area (Å²) in [4.78, 5) is 21.0. The molecule has 0 aromatic heterocycles. The molecule has 2 aromatic rings. The zero-order valence-electron chi connectivity index (χ0n) is 20.9. The molecule has 1 atom stereocenters. The highest BCUT2D eigenvalue weighted by atomic mass is 19.4. The summed E-state index contributed by atoms with van der Waals surface area (Å²) >= 11 is 0. The predicted molar refractivity (Wildman–Crippen MR) is 132 cm³/mol. The number of piperazine rings is 1. The molecule has 0 saturated carbocycles. The van der Waals surface area contributed by atoms with Gasteiger partial charge in [-0.1, -0.05) is 0 Å². The van der Waals surface area contributed by atoms with Gasteiger partial charge in [-0.25, -0.2) is 8.78 Å². The predicted octanol–water partition coefficient (Wildman–Crippen LogP) is 4.30. The van der Waals surface area contributed by atoms with Crippen LogP contribution in [0.1, 0.15) is 30.4 Å². The van der Waals surface area contributed by atoms with Crippen LogP contribution < -0.4 is 10.6 Å². The Kier molecular flexibility index (Phi) is 11.6. The normalized spacial score (nSPS) is 15.2. The number of carbonyl (C=O) groups is 2. The van der Waals surface area contributed by atoms with E-state index >= 15 is 0 Å². The Morgan fingerprint density at radius 1 is 1.10 bits per heavy atom. The van der Waals surface area contributed by atoms with Crippen molar-refractivity contribution in [2.75, 3.05) is 38.7 Å². The average Bonchev–Trinajstić information content (AvgIpc) is 2.88. The second-order valence-electron chi connectivity index (χ2n) is 8.53. The molecule has 5 N–H and O–H groups in total. The number of hydrogen-bond acceptors (Lipinski definition) is 6. The van der Waals surface area contributed by atoms with Crippen molar-refractivity contribution in [3.8, 4) is 0 Å². The first-order chi connectivity index (χ1) is 18.3. The number of nitrogens with zero attached hydrogens (tertiary/aromatic N) is 1. The van der Waals surface area contributed by atoms with Crippen LogP contribution in [0.5, 0.6) is 0 Å². The first-order valence-corrected chi connectivity index (χ1v) is 11.7. The third kappa shape index (κ3) is 10.1. The van der Waals surface area contributed by atoms with E-state index < -0.39 is 35.3 Å². The zero-order valence-corrected chi connectivity index (χ0v) is 20.9. The molecule has 1 aliphatic rings. The third-order valence-electron chi connectivity index (χ3n) is 5.60. The fourth-order valence-corrected chi connectivity index (χ4v) is 3.62. The second kappa shape index (κ2) is 14.4. The van der Waals surface area contributed by atoms with Gasteiger partial charge in [-0.2, -0.15) is 13.2 Å². The highest BCUT2D eigenvalue weighted by molar-refractivity contribution is 6.02. The van der Waals surface area contributed by atoms with E-state index in [1.807, 2.05) is 0 Å². The van der Waals surface area contributed by atoms with E-state index in [9.17, 15) is 31.5 Å². The van der Waals surface area contributed by atoms with E-state index in [4.69, 9.17) is 20.4 Å². The quantitative estimate of drug-likeness (QED) is 0.174. The average molecular weight is 561 g/mol. The third-order valence-corrected chi connectivity index (χ3v) is 5.60. The Morgan fingerprint density at radius 3 is 2.33 bits per heavy atom. The molecular formula is C25H29F5N4O5. The van der Waals surface area contributed by atoms with Gasteiger partial charge in [0.1, 0.15) is 5.84 Å². The Balaban J connectivity index is 0.000000580. The lowest BCUT2D eigenvalue weighted by Crippen LogP contribution is -2.53. The first kappa shape index (κ1) is 31.4. The smallest absolute Gasteiger partial charge is 0.416 e. The second-order valence-corrected chi connectivity index (χ2v) is 8.53. The molecule has 39 heavy (non-hydrogen) atoms. The van der Waals surface area contributed by atoms with E-state index in [0.29, 0.717) is 32.7 Å². The molecule has 0 unspecified atom stereocenters. The molecule has 1 aliphatic heterocycles. The standard InChI is InChI=1S/C21H23F5N4O.C4H6O4/c1-31-9-6-15-12-30(8-7-28-15)20(27)16-10-13(21(24,25)26)2-5-19(16)29-14-3-4-17(22)18(23)11-14;5-3(6)1-2-4(7)8/h2-5,10-11,15,27-29H,6-9,12H2,1H3;1-2H2,(H,5,6)(H,7,8)/t15-;/m0./s1. The molecule has 14 heteroatoms. The monoisotopic (exact) mass is 560 g/mol. The molecule has 3 rings (SSSR count). The van der Waals surface area contributed by atoms with Crippen molar-refractivity contribution in [2.45, 2.75) is 31.5 Å². The van der Waals surface area contributed by atoms with Crippen LogP contribution in [0.3, 0.4) is 0 Å². The van der Waals surface area contributed by atoms with Gasteiger partial charge in [0.15, 0.2) is 11.6 Å². The Bertz CT molecular complexity index is 1150. The van der Waals surface area contributed by atoms with Crippen LogP contribution in [0, 0.1) is 17.0 Å². The van der Waals surface area contributed by atoms with Crippen LogP contribution in [-0.4, -0.2) is 72.3 Å². The maximum atomic E-state index is 13.6. The number of nitrogens with one attached hydrogen (secondary N) is 3. The van der Waals surface area contributed by atoms with Crippen LogP contribution in [0.2, 0.25) is 0 Å². The van der Waals surface area contributed by atoms with Gasteiger partial charge in [-0.3, -0.25) is 15.0 Å². The summed E-state index contributed by atoms with van der Waals surface area (Å²) in [6.45, 7) is 1.97. The van der Waals surface area contributed by atoms with Crippen molar-refractivity contribution in [3.05, 3.63) is 59.2 Å². The number of carboxylic acids is 2. The number of rotatable bonds is 9. The topological polar surface area (TPSA) is 135 Å². The summed E-state index contributed by atoms with van der Waals surface area (Å²) in [5, 5.41) is 30.5. The minimum atomic E-state index is -4.58. The van der Waals surface area contributed by atoms with Crippen LogP contribution in [0.4, 0.5) is 33.3 Å². The molecule has 1 fully saturated rings. The maximum Gasteiger partial charge on any atom is 0.416 e. The minimum absolute atomic E-state index is 0.0203. The summed E-state index contributed by atoms with van der Waals surface area (Å²) in [6.07, 6.45) is -4.48. The molecule has 9 nitrogen and oxygen atoms in total. The van der Waals surface area contributed by atoms with Gasteiger partial charge in [-0.15, -0.1) is 0 Å². The molecule has 214 valence electrons. The number of benzene rings is 2. The molecule has 0 spiro atoms. The molecule has 1 saturated heterocycles. The molecule has 0 amide bonds. The number of methoxy groups -OCH3 is 1. The Morgan fingerprint density at radius 2 is 1.77 bits per heavy atom. The zero-order chi connectivity index (χ0) is 29.2. The Hall–Kier alpha value is -3.78. The van der Waals surface area contributed by atoms with Crippen LogP contribution in [-0.2, 0) is 20.5 Å². The first-order valence-electron chi connectivity index (χ1n) is 11.7. The van der Waals surface area contributed by atoms with Gasteiger partial charge in [0, 0.05) is 62.4 Å². The van der Waals surface area contributed by atoms with E-state index in [1.165, 1.54) is 12.1 Å². The number of anilines is 2. The highest BCUT2D eigenvalue weighted by Crippen LogP contribution is 2.33. The molecule has 0 bridgehead atoms. The lowest BCUT2D eigenvalue weighted by atomic mass is 10.0.